The van der Waals surface area contributed by atoms with Gasteiger partial charge in [0.1, 0.15) is 6.33 Å². The Balaban J connectivity index is 2.29. The van der Waals surface area contributed by atoms with Crippen molar-refractivity contribution < 1.29 is 9.72 Å². The summed E-state index contributed by atoms with van der Waals surface area (Å²) in [7, 11) is 1.56. The lowest BCUT2D eigenvalue weighted by Gasteiger charge is -2.16. The highest BCUT2D eigenvalue weighted by Crippen LogP contribution is 2.17. The Hall–Kier alpha value is -2.83. The quantitative estimate of drug-likeness (QED) is 0.617. The lowest BCUT2D eigenvalue weighted by Crippen LogP contribution is -2.26. The maximum absolute atomic E-state index is 12.2. The molecule has 1 amide bonds. The zero-order valence-electron chi connectivity index (χ0n) is 10.1. The third-order valence-electron chi connectivity index (χ3n) is 2.54. The van der Waals surface area contributed by atoms with Gasteiger partial charge in [-0.05, 0) is 6.07 Å². The third kappa shape index (κ3) is 2.71. The second kappa shape index (κ2) is 5.21. The Morgan fingerprint density at radius 3 is 2.63 bits per heavy atom. The van der Waals surface area contributed by atoms with Gasteiger partial charge in [0, 0.05) is 24.7 Å². The zero-order valence-corrected chi connectivity index (χ0v) is 10.1. The molecule has 0 aliphatic carbocycles. The topological polar surface area (TPSA) is 89.2 Å². The van der Waals surface area contributed by atoms with Crippen molar-refractivity contribution in [3.63, 3.8) is 0 Å². The number of non-ortho nitro benzene ring substituents is 1. The molecule has 7 heteroatoms. The standard InChI is InChI=1S/C12H10N4O3/c1-15(11-6-13-8-14-7-11)12(17)9-3-2-4-10(5-9)16(18)19/h2-8H,1H3. The Morgan fingerprint density at radius 2 is 2.00 bits per heavy atom. The Labute approximate surface area is 108 Å². The van der Waals surface area contributed by atoms with Gasteiger partial charge in [-0.1, -0.05) is 6.07 Å². The van der Waals surface area contributed by atoms with Crippen molar-refractivity contribution in [2.45, 2.75) is 0 Å². The number of rotatable bonds is 3. The predicted octanol–water partition coefficient (Wildman–Crippen LogP) is 1.66. The number of nitro benzene ring substituents is 1. The lowest BCUT2D eigenvalue weighted by molar-refractivity contribution is -0.384. The summed E-state index contributed by atoms with van der Waals surface area (Å²) in [5, 5.41) is 10.7. The fraction of sp³-hybridized carbons (Fsp3) is 0.0833. The van der Waals surface area contributed by atoms with E-state index in [1.165, 1.54) is 47.9 Å². The van der Waals surface area contributed by atoms with Crippen LogP contribution in [-0.4, -0.2) is 27.8 Å². The minimum Gasteiger partial charge on any atom is -0.309 e. The zero-order chi connectivity index (χ0) is 13.8. The van der Waals surface area contributed by atoms with Crippen LogP contribution in [0.3, 0.4) is 0 Å². The van der Waals surface area contributed by atoms with E-state index in [0.29, 0.717) is 5.69 Å². The maximum Gasteiger partial charge on any atom is 0.270 e. The summed E-state index contributed by atoms with van der Waals surface area (Å²) in [5.41, 5.74) is 0.628. The van der Waals surface area contributed by atoms with Gasteiger partial charge in [-0.25, -0.2) is 9.97 Å². The highest BCUT2D eigenvalue weighted by atomic mass is 16.6. The summed E-state index contributed by atoms with van der Waals surface area (Å²) in [6.07, 6.45) is 4.33. The molecule has 0 aliphatic heterocycles. The van der Waals surface area contributed by atoms with E-state index in [0.717, 1.165) is 0 Å². The first-order valence-electron chi connectivity index (χ1n) is 5.37. The maximum atomic E-state index is 12.2. The summed E-state index contributed by atoms with van der Waals surface area (Å²) >= 11 is 0. The van der Waals surface area contributed by atoms with Crippen molar-refractivity contribution in [2.75, 3.05) is 11.9 Å². The highest BCUT2D eigenvalue weighted by molar-refractivity contribution is 6.05. The van der Waals surface area contributed by atoms with Gasteiger partial charge in [0.25, 0.3) is 11.6 Å². The molecule has 1 aromatic carbocycles. The van der Waals surface area contributed by atoms with Crippen LogP contribution in [-0.2, 0) is 0 Å². The van der Waals surface area contributed by atoms with E-state index in [9.17, 15) is 14.9 Å². The van der Waals surface area contributed by atoms with Crippen LogP contribution in [0.2, 0.25) is 0 Å². The van der Waals surface area contributed by atoms with Crippen LogP contribution in [0, 0.1) is 10.1 Å². The van der Waals surface area contributed by atoms with Crippen LogP contribution in [0.15, 0.2) is 43.0 Å². The molecule has 7 nitrogen and oxygen atoms in total. The smallest absolute Gasteiger partial charge is 0.270 e. The minimum atomic E-state index is -0.539. The molecule has 96 valence electrons. The average Bonchev–Trinajstić information content (AvgIpc) is 2.46. The first kappa shape index (κ1) is 12.6. The van der Waals surface area contributed by atoms with Crippen LogP contribution in [0.25, 0.3) is 0 Å². The third-order valence-corrected chi connectivity index (χ3v) is 2.54. The number of hydrogen-bond acceptors (Lipinski definition) is 5. The largest absolute Gasteiger partial charge is 0.309 e. The van der Waals surface area contributed by atoms with Gasteiger partial charge in [0.2, 0.25) is 0 Å². The van der Waals surface area contributed by atoms with E-state index in [1.54, 1.807) is 7.05 Å². The van der Waals surface area contributed by atoms with E-state index in [1.807, 2.05) is 0 Å². The van der Waals surface area contributed by atoms with Gasteiger partial charge >= 0.3 is 0 Å². The lowest BCUT2D eigenvalue weighted by atomic mass is 10.2. The van der Waals surface area contributed by atoms with Crippen molar-refractivity contribution in [2.24, 2.45) is 0 Å². The molecular weight excluding hydrogens is 248 g/mol. The van der Waals surface area contributed by atoms with Gasteiger partial charge in [0.15, 0.2) is 0 Å². The highest BCUT2D eigenvalue weighted by Gasteiger charge is 2.16. The Kier molecular flexibility index (Phi) is 3.46. The molecule has 2 aromatic rings. The van der Waals surface area contributed by atoms with E-state index in [-0.39, 0.29) is 17.2 Å². The number of carbonyl (C=O) groups excluding carboxylic acids is 1. The number of nitrogens with zero attached hydrogens (tertiary/aromatic N) is 4. The number of benzene rings is 1. The number of hydrogen-bond donors (Lipinski definition) is 0. The number of anilines is 1. The first-order valence-corrected chi connectivity index (χ1v) is 5.37. The molecule has 0 fully saturated rings. The fourth-order valence-electron chi connectivity index (χ4n) is 1.53. The Morgan fingerprint density at radius 1 is 1.32 bits per heavy atom. The number of nitro groups is 1. The van der Waals surface area contributed by atoms with E-state index in [2.05, 4.69) is 9.97 Å². The first-order chi connectivity index (χ1) is 9.09. The van der Waals surface area contributed by atoms with Gasteiger partial charge in [0.05, 0.1) is 23.0 Å². The van der Waals surface area contributed by atoms with Gasteiger partial charge in [-0.2, -0.15) is 0 Å². The molecule has 0 aliphatic rings. The van der Waals surface area contributed by atoms with Gasteiger partial charge in [-0.3, -0.25) is 14.9 Å². The molecule has 0 N–H and O–H groups in total. The van der Waals surface area contributed by atoms with E-state index in [4.69, 9.17) is 0 Å². The number of carbonyl (C=O) groups is 1. The average molecular weight is 258 g/mol. The molecule has 0 radical (unpaired) electrons. The van der Waals surface area contributed by atoms with Crippen molar-refractivity contribution >= 4 is 17.3 Å². The van der Waals surface area contributed by atoms with Crippen molar-refractivity contribution in [1.82, 2.24) is 9.97 Å². The molecule has 0 saturated carbocycles. The van der Waals surface area contributed by atoms with Crippen LogP contribution >= 0.6 is 0 Å². The molecule has 0 unspecified atom stereocenters. The molecule has 1 aromatic heterocycles. The fourth-order valence-corrected chi connectivity index (χ4v) is 1.53. The summed E-state index contributed by atoms with van der Waals surface area (Å²) in [5.74, 6) is -0.363. The molecule has 0 spiro atoms. The SMILES string of the molecule is CN(C(=O)c1cccc([N+](=O)[O-])c1)c1cncnc1. The van der Waals surface area contributed by atoms with E-state index < -0.39 is 4.92 Å². The van der Waals surface area contributed by atoms with Gasteiger partial charge < -0.3 is 4.90 Å². The predicted molar refractivity (Wildman–Crippen MR) is 67.9 cm³/mol. The van der Waals surface area contributed by atoms with Crippen molar-refractivity contribution in [1.29, 1.82) is 0 Å². The van der Waals surface area contributed by atoms with E-state index >= 15 is 0 Å². The Bertz CT molecular complexity index is 615. The van der Waals surface area contributed by atoms with Crippen LogP contribution in [0.4, 0.5) is 11.4 Å². The normalized spacial score (nSPS) is 9.95. The molecule has 0 bridgehead atoms. The second-order valence-corrected chi connectivity index (χ2v) is 3.77. The number of aromatic nitrogens is 2. The summed E-state index contributed by atoms with van der Waals surface area (Å²) in [4.78, 5) is 31.3. The summed E-state index contributed by atoms with van der Waals surface area (Å²) in [6.45, 7) is 0. The molecule has 1 heterocycles. The summed E-state index contributed by atoms with van der Waals surface area (Å²) in [6, 6.07) is 5.57. The molecular formula is C12H10N4O3. The van der Waals surface area contributed by atoms with Crippen molar-refractivity contribution in [3.05, 3.63) is 58.7 Å². The number of amides is 1. The van der Waals surface area contributed by atoms with Gasteiger partial charge in [-0.15, -0.1) is 0 Å². The van der Waals surface area contributed by atoms with Crippen LogP contribution < -0.4 is 4.90 Å². The van der Waals surface area contributed by atoms with Crippen molar-refractivity contribution in [3.8, 4) is 0 Å². The van der Waals surface area contributed by atoms with Crippen LogP contribution in [0.1, 0.15) is 10.4 Å². The molecule has 0 saturated heterocycles. The monoisotopic (exact) mass is 258 g/mol. The molecule has 0 atom stereocenters. The summed E-state index contributed by atoms with van der Waals surface area (Å²) < 4.78 is 0. The molecule has 2 rings (SSSR count). The minimum absolute atomic E-state index is 0.122. The second-order valence-electron chi connectivity index (χ2n) is 3.77. The van der Waals surface area contributed by atoms with Crippen LogP contribution in [0.5, 0.6) is 0 Å². The molecule has 19 heavy (non-hydrogen) atoms.